The van der Waals surface area contributed by atoms with Gasteiger partial charge >= 0.3 is 0 Å². The van der Waals surface area contributed by atoms with E-state index in [9.17, 15) is 4.79 Å². The summed E-state index contributed by atoms with van der Waals surface area (Å²) >= 11 is 0. The molecule has 2 rings (SSSR count). The number of anilines is 2. The third kappa shape index (κ3) is 3.62. The molecule has 1 aromatic heterocycles. The molecule has 0 atom stereocenters. The zero-order valence-electron chi connectivity index (χ0n) is 12.8. The van der Waals surface area contributed by atoms with Crippen molar-refractivity contribution in [2.45, 2.75) is 33.2 Å². The van der Waals surface area contributed by atoms with Gasteiger partial charge in [-0.3, -0.25) is 4.79 Å². The molecule has 112 valence electrons. The first-order valence-corrected chi connectivity index (χ1v) is 7.31. The van der Waals surface area contributed by atoms with Crippen LogP contribution >= 0.6 is 0 Å². The Morgan fingerprint density at radius 2 is 2.05 bits per heavy atom. The number of amides is 1. The van der Waals surface area contributed by atoms with Crippen LogP contribution in [0.15, 0.2) is 36.5 Å². The minimum atomic E-state index is -0.128. The van der Waals surface area contributed by atoms with Crippen LogP contribution in [-0.2, 0) is 0 Å². The molecule has 0 saturated carbocycles. The second-order valence-corrected chi connectivity index (χ2v) is 5.18. The van der Waals surface area contributed by atoms with Crippen LogP contribution in [0.2, 0.25) is 0 Å². The molecule has 0 saturated heterocycles. The number of benzene rings is 1. The first-order valence-electron chi connectivity index (χ1n) is 7.31. The normalized spacial score (nSPS) is 10.7. The fourth-order valence-electron chi connectivity index (χ4n) is 2.10. The van der Waals surface area contributed by atoms with E-state index in [1.165, 1.54) is 0 Å². The number of hydrogen-bond acceptors (Lipinski definition) is 3. The maximum atomic E-state index is 12.5. The van der Waals surface area contributed by atoms with Gasteiger partial charge in [0.15, 0.2) is 0 Å². The van der Waals surface area contributed by atoms with Crippen molar-refractivity contribution in [2.24, 2.45) is 0 Å². The summed E-state index contributed by atoms with van der Waals surface area (Å²) in [5, 5.41) is 10.4. The quantitative estimate of drug-likeness (QED) is 0.854. The predicted molar refractivity (Wildman–Crippen MR) is 85.8 cm³/mol. The van der Waals surface area contributed by atoms with E-state index in [2.05, 4.69) is 22.7 Å². The Morgan fingerprint density at radius 3 is 2.76 bits per heavy atom. The average Bonchev–Trinajstić information content (AvgIpc) is 2.93. The Hall–Kier alpha value is -2.30. The number of nitrogens with one attached hydrogen (secondary N) is 2. The Morgan fingerprint density at radius 1 is 1.29 bits per heavy atom. The van der Waals surface area contributed by atoms with Crippen LogP contribution in [0.3, 0.4) is 0 Å². The fraction of sp³-hybridized carbons (Fsp3) is 0.375. The lowest BCUT2D eigenvalue weighted by atomic mass is 10.1. The maximum Gasteiger partial charge on any atom is 0.258 e. The number of hydrogen-bond donors (Lipinski definition) is 2. The highest BCUT2D eigenvalue weighted by Gasteiger charge is 2.14. The van der Waals surface area contributed by atoms with E-state index in [0.29, 0.717) is 11.4 Å². The minimum Gasteiger partial charge on any atom is -0.384 e. The third-order valence-corrected chi connectivity index (χ3v) is 3.14. The SMILES string of the molecule is CCCNc1ccccc1C(=O)Nc1ccnn1C(C)C. The summed E-state index contributed by atoms with van der Waals surface area (Å²) in [5.74, 6) is 0.580. The van der Waals surface area contributed by atoms with Gasteiger partial charge in [-0.25, -0.2) is 4.68 Å². The van der Waals surface area contributed by atoms with Gasteiger partial charge in [0.2, 0.25) is 0 Å². The molecule has 5 nitrogen and oxygen atoms in total. The molecule has 0 unspecified atom stereocenters. The molecule has 21 heavy (non-hydrogen) atoms. The molecule has 0 spiro atoms. The summed E-state index contributed by atoms with van der Waals surface area (Å²) < 4.78 is 1.79. The number of aromatic nitrogens is 2. The van der Waals surface area contributed by atoms with Crippen LogP contribution in [0.4, 0.5) is 11.5 Å². The van der Waals surface area contributed by atoms with Gasteiger partial charge < -0.3 is 10.6 Å². The topological polar surface area (TPSA) is 59.0 Å². The van der Waals surface area contributed by atoms with E-state index in [-0.39, 0.29) is 11.9 Å². The molecule has 2 N–H and O–H groups in total. The minimum absolute atomic E-state index is 0.128. The van der Waals surface area contributed by atoms with Gasteiger partial charge in [-0.15, -0.1) is 0 Å². The van der Waals surface area contributed by atoms with Gasteiger partial charge in [-0.05, 0) is 32.4 Å². The van der Waals surface area contributed by atoms with E-state index < -0.39 is 0 Å². The van der Waals surface area contributed by atoms with Crippen molar-refractivity contribution in [2.75, 3.05) is 17.2 Å². The Kier molecular flexibility index (Phi) is 4.98. The molecule has 0 bridgehead atoms. The van der Waals surface area contributed by atoms with Crippen molar-refractivity contribution in [3.05, 3.63) is 42.1 Å². The molecule has 0 radical (unpaired) electrons. The summed E-state index contributed by atoms with van der Waals surface area (Å²) in [6.45, 7) is 6.99. The highest BCUT2D eigenvalue weighted by Crippen LogP contribution is 2.19. The Bertz CT molecular complexity index is 604. The number of carbonyl (C=O) groups excluding carboxylic acids is 1. The molecule has 2 aromatic rings. The molecular formula is C16H22N4O. The average molecular weight is 286 g/mol. The standard InChI is InChI=1S/C16H22N4O/c1-4-10-17-14-8-6-5-7-13(14)16(21)19-15-9-11-18-20(15)12(2)3/h5-9,11-12,17H,4,10H2,1-3H3,(H,19,21). The zero-order chi connectivity index (χ0) is 15.2. The Labute approximate surface area is 125 Å². The van der Waals surface area contributed by atoms with Crippen LogP contribution in [0.25, 0.3) is 0 Å². The molecule has 0 aliphatic heterocycles. The summed E-state index contributed by atoms with van der Waals surface area (Å²) in [6, 6.07) is 9.54. The van der Waals surface area contributed by atoms with Crippen molar-refractivity contribution < 1.29 is 4.79 Å². The highest BCUT2D eigenvalue weighted by atomic mass is 16.1. The van der Waals surface area contributed by atoms with Crippen LogP contribution < -0.4 is 10.6 Å². The third-order valence-electron chi connectivity index (χ3n) is 3.14. The van der Waals surface area contributed by atoms with Crippen LogP contribution in [-0.4, -0.2) is 22.2 Å². The summed E-state index contributed by atoms with van der Waals surface area (Å²) in [6.07, 6.45) is 2.70. The van der Waals surface area contributed by atoms with E-state index in [4.69, 9.17) is 0 Å². The Balaban J connectivity index is 2.18. The molecule has 0 fully saturated rings. The van der Waals surface area contributed by atoms with Crippen molar-refractivity contribution in [1.82, 2.24) is 9.78 Å². The first-order chi connectivity index (χ1) is 10.1. The molecule has 0 aliphatic rings. The second-order valence-electron chi connectivity index (χ2n) is 5.18. The number of nitrogens with zero attached hydrogens (tertiary/aromatic N) is 2. The van der Waals surface area contributed by atoms with Gasteiger partial charge in [0.25, 0.3) is 5.91 Å². The van der Waals surface area contributed by atoms with Crippen molar-refractivity contribution in [1.29, 1.82) is 0 Å². The highest BCUT2D eigenvalue weighted by molar-refractivity contribution is 6.07. The van der Waals surface area contributed by atoms with Crippen molar-refractivity contribution >= 4 is 17.4 Å². The monoisotopic (exact) mass is 286 g/mol. The first kappa shape index (κ1) is 15.1. The van der Waals surface area contributed by atoms with Crippen molar-refractivity contribution in [3.8, 4) is 0 Å². The van der Waals surface area contributed by atoms with E-state index in [1.54, 1.807) is 16.9 Å². The van der Waals surface area contributed by atoms with Gasteiger partial charge in [-0.2, -0.15) is 5.10 Å². The van der Waals surface area contributed by atoms with E-state index in [1.807, 2.05) is 38.1 Å². The molecule has 1 heterocycles. The van der Waals surface area contributed by atoms with Crippen LogP contribution in [0.1, 0.15) is 43.6 Å². The zero-order valence-corrected chi connectivity index (χ0v) is 12.8. The van der Waals surface area contributed by atoms with Gasteiger partial charge in [-0.1, -0.05) is 19.1 Å². The van der Waals surface area contributed by atoms with Gasteiger partial charge in [0, 0.05) is 24.3 Å². The number of para-hydroxylation sites is 1. The van der Waals surface area contributed by atoms with E-state index >= 15 is 0 Å². The maximum absolute atomic E-state index is 12.5. The molecular weight excluding hydrogens is 264 g/mol. The smallest absolute Gasteiger partial charge is 0.258 e. The molecule has 0 aliphatic carbocycles. The fourth-order valence-corrected chi connectivity index (χ4v) is 2.10. The molecule has 1 amide bonds. The molecule has 1 aromatic carbocycles. The van der Waals surface area contributed by atoms with Gasteiger partial charge in [0.1, 0.15) is 5.82 Å². The number of carbonyl (C=O) groups is 1. The lowest BCUT2D eigenvalue weighted by Gasteiger charge is -2.14. The summed E-state index contributed by atoms with van der Waals surface area (Å²) in [7, 11) is 0. The van der Waals surface area contributed by atoms with Crippen molar-refractivity contribution in [3.63, 3.8) is 0 Å². The van der Waals surface area contributed by atoms with Gasteiger partial charge in [0.05, 0.1) is 11.8 Å². The second kappa shape index (κ2) is 6.92. The molecule has 5 heteroatoms. The lowest BCUT2D eigenvalue weighted by molar-refractivity contribution is 0.102. The summed E-state index contributed by atoms with van der Waals surface area (Å²) in [5.41, 5.74) is 1.50. The summed E-state index contributed by atoms with van der Waals surface area (Å²) in [4.78, 5) is 12.5. The van der Waals surface area contributed by atoms with E-state index in [0.717, 1.165) is 18.7 Å². The lowest BCUT2D eigenvalue weighted by Crippen LogP contribution is -2.18. The largest absolute Gasteiger partial charge is 0.384 e. The predicted octanol–water partition coefficient (Wildman–Crippen LogP) is 3.54. The van der Waals surface area contributed by atoms with Crippen LogP contribution in [0.5, 0.6) is 0 Å². The number of rotatable bonds is 6. The van der Waals surface area contributed by atoms with Crippen LogP contribution in [0, 0.1) is 0 Å².